The topological polar surface area (TPSA) is 15.3 Å². The molecule has 118 valence electrons. The Morgan fingerprint density at radius 1 is 1.29 bits per heavy atom. The predicted molar refractivity (Wildman–Crippen MR) is 92.3 cm³/mol. The molecule has 1 aromatic carbocycles. The maximum atomic E-state index is 6.36. The number of nitrogens with one attached hydrogen (secondary N) is 1. The third-order valence-electron chi connectivity index (χ3n) is 4.79. The van der Waals surface area contributed by atoms with E-state index in [1.54, 1.807) is 0 Å². The minimum atomic E-state index is 0.159. The van der Waals surface area contributed by atoms with Crippen molar-refractivity contribution in [2.45, 2.75) is 58.2 Å². The lowest BCUT2D eigenvalue weighted by Crippen LogP contribution is -2.62. The van der Waals surface area contributed by atoms with E-state index in [9.17, 15) is 0 Å². The van der Waals surface area contributed by atoms with E-state index in [4.69, 9.17) is 23.2 Å². The Morgan fingerprint density at radius 2 is 1.95 bits per heavy atom. The van der Waals surface area contributed by atoms with Crippen LogP contribution in [-0.2, 0) is 6.54 Å². The number of hydrogen-bond donors (Lipinski definition) is 1. The molecule has 1 heterocycles. The molecule has 1 aromatic rings. The van der Waals surface area contributed by atoms with Gasteiger partial charge in [-0.25, -0.2) is 0 Å². The fourth-order valence-electron chi connectivity index (χ4n) is 3.05. The lowest BCUT2D eigenvalue weighted by Gasteiger charge is -2.48. The molecule has 1 saturated heterocycles. The van der Waals surface area contributed by atoms with E-state index in [1.165, 1.54) is 12.8 Å². The first-order valence-electron chi connectivity index (χ1n) is 7.91. The SMILES string of the molecule is CCCC1CN(Cc2c(Cl)cccc2Cl)C(C)(CC)CN1. The summed E-state index contributed by atoms with van der Waals surface area (Å²) in [4.78, 5) is 2.55. The lowest BCUT2D eigenvalue weighted by molar-refractivity contribution is 0.0397. The highest BCUT2D eigenvalue weighted by atomic mass is 35.5. The molecule has 0 bridgehead atoms. The summed E-state index contributed by atoms with van der Waals surface area (Å²) in [6.45, 7) is 9.72. The van der Waals surface area contributed by atoms with Gasteiger partial charge in [0, 0.05) is 46.8 Å². The fourth-order valence-corrected chi connectivity index (χ4v) is 3.56. The fraction of sp³-hybridized carbons (Fsp3) is 0.647. The highest BCUT2D eigenvalue weighted by Gasteiger charge is 2.36. The average molecular weight is 329 g/mol. The Morgan fingerprint density at radius 3 is 2.52 bits per heavy atom. The van der Waals surface area contributed by atoms with Gasteiger partial charge in [-0.1, -0.05) is 49.5 Å². The monoisotopic (exact) mass is 328 g/mol. The van der Waals surface area contributed by atoms with Gasteiger partial charge in [-0.3, -0.25) is 4.90 Å². The van der Waals surface area contributed by atoms with Gasteiger partial charge in [-0.05, 0) is 31.9 Å². The molecule has 0 spiro atoms. The van der Waals surface area contributed by atoms with Crippen molar-refractivity contribution in [3.05, 3.63) is 33.8 Å². The van der Waals surface area contributed by atoms with Crippen LogP contribution in [0.2, 0.25) is 10.0 Å². The maximum absolute atomic E-state index is 6.36. The second-order valence-corrected chi connectivity index (χ2v) is 7.11. The molecule has 0 amide bonds. The van der Waals surface area contributed by atoms with Crippen LogP contribution in [0.4, 0.5) is 0 Å². The quantitative estimate of drug-likeness (QED) is 0.840. The second-order valence-electron chi connectivity index (χ2n) is 6.30. The van der Waals surface area contributed by atoms with Crippen LogP contribution < -0.4 is 5.32 Å². The smallest absolute Gasteiger partial charge is 0.0465 e. The van der Waals surface area contributed by atoms with Gasteiger partial charge in [-0.2, -0.15) is 0 Å². The molecule has 21 heavy (non-hydrogen) atoms. The predicted octanol–water partition coefficient (Wildman–Crippen LogP) is 4.74. The van der Waals surface area contributed by atoms with Crippen LogP contribution in [0.5, 0.6) is 0 Å². The highest BCUT2D eigenvalue weighted by molar-refractivity contribution is 6.35. The molecule has 0 radical (unpaired) electrons. The summed E-state index contributed by atoms with van der Waals surface area (Å²) in [7, 11) is 0. The first-order valence-corrected chi connectivity index (χ1v) is 8.67. The van der Waals surface area contributed by atoms with Crippen molar-refractivity contribution in [3.8, 4) is 0 Å². The summed E-state index contributed by atoms with van der Waals surface area (Å²) in [5.41, 5.74) is 1.21. The first kappa shape index (κ1) is 17.1. The van der Waals surface area contributed by atoms with Crippen molar-refractivity contribution in [1.29, 1.82) is 0 Å². The number of halogens is 2. The van der Waals surface area contributed by atoms with Crippen LogP contribution in [0.25, 0.3) is 0 Å². The van der Waals surface area contributed by atoms with E-state index < -0.39 is 0 Å². The first-order chi connectivity index (χ1) is 10.00. The van der Waals surface area contributed by atoms with Crippen LogP contribution in [0.1, 0.15) is 45.6 Å². The molecule has 2 atom stereocenters. The Kier molecular flexibility index (Phi) is 5.96. The van der Waals surface area contributed by atoms with Gasteiger partial charge in [0.2, 0.25) is 0 Å². The second kappa shape index (κ2) is 7.32. The van der Waals surface area contributed by atoms with Crippen molar-refractivity contribution >= 4 is 23.2 Å². The Labute approximate surface area is 138 Å². The number of rotatable bonds is 5. The normalized spacial score (nSPS) is 27.0. The number of nitrogens with zero attached hydrogens (tertiary/aromatic N) is 1. The molecular weight excluding hydrogens is 303 g/mol. The zero-order chi connectivity index (χ0) is 15.5. The van der Waals surface area contributed by atoms with Crippen LogP contribution in [0.15, 0.2) is 18.2 Å². The summed E-state index contributed by atoms with van der Waals surface area (Å²) < 4.78 is 0. The molecule has 1 aliphatic heterocycles. The molecule has 0 aromatic heterocycles. The third-order valence-corrected chi connectivity index (χ3v) is 5.49. The Hall–Kier alpha value is -0.280. The lowest BCUT2D eigenvalue weighted by atomic mass is 9.90. The number of benzene rings is 1. The average Bonchev–Trinajstić information content (AvgIpc) is 2.46. The third kappa shape index (κ3) is 3.92. The van der Waals surface area contributed by atoms with Gasteiger partial charge in [-0.15, -0.1) is 0 Å². The largest absolute Gasteiger partial charge is 0.311 e. The zero-order valence-corrected chi connectivity index (χ0v) is 14.8. The maximum Gasteiger partial charge on any atom is 0.0465 e. The minimum absolute atomic E-state index is 0.159. The molecule has 4 heteroatoms. The molecule has 1 aliphatic rings. The van der Waals surface area contributed by atoms with Gasteiger partial charge >= 0.3 is 0 Å². The van der Waals surface area contributed by atoms with Crippen LogP contribution >= 0.6 is 23.2 Å². The summed E-state index contributed by atoms with van der Waals surface area (Å²) in [5, 5.41) is 5.24. The number of hydrogen-bond acceptors (Lipinski definition) is 2. The standard InChI is InChI=1S/C17H26Cl2N2/c1-4-7-13-10-21(17(3,5-2)12-20-13)11-14-15(18)8-6-9-16(14)19/h6,8-9,13,20H,4-5,7,10-12H2,1-3H3. The van der Waals surface area contributed by atoms with Crippen LogP contribution in [0, 0.1) is 0 Å². The van der Waals surface area contributed by atoms with E-state index in [2.05, 4.69) is 31.0 Å². The molecule has 0 aliphatic carbocycles. The molecule has 2 rings (SSSR count). The van der Waals surface area contributed by atoms with Crippen LogP contribution in [-0.4, -0.2) is 29.6 Å². The number of piperazine rings is 1. The molecule has 1 fully saturated rings. The van der Waals surface area contributed by atoms with Crippen LogP contribution in [0.3, 0.4) is 0 Å². The van der Waals surface area contributed by atoms with E-state index in [-0.39, 0.29) is 5.54 Å². The highest BCUT2D eigenvalue weighted by Crippen LogP contribution is 2.31. The molecule has 0 saturated carbocycles. The van der Waals surface area contributed by atoms with E-state index >= 15 is 0 Å². The molecule has 2 nitrogen and oxygen atoms in total. The van der Waals surface area contributed by atoms with Gasteiger partial charge in [0.1, 0.15) is 0 Å². The Bertz CT molecular complexity index is 458. The van der Waals surface area contributed by atoms with Crippen molar-refractivity contribution in [2.75, 3.05) is 13.1 Å². The van der Waals surface area contributed by atoms with Gasteiger partial charge in [0.05, 0.1) is 0 Å². The Balaban J connectivity index is 2.20. The summed E-state index contributed by atoms with van der Waals surface area (Å²) in [6.07, 6.45) is 3.54. The molecule has 2 unspecified atom stereocenters. The summed E-state index contributed by atoms with van der Waals surface area (Å²) >= 11 is 12.7. The zero-order valence-electron chi connectivity index (χ0n) is 13.3. The van der Waals surface area contributed by atoms with Gasteiger partial charge < -0.3 is 5.32 Å². The van der Waals surface area contributed by atoms with Crippen molar-refractivity contribution in [3.63, 3.8) is 0 Å². The van der Waals surface area contributed by atoms with E-state index in [1.807, 2.05) is 18.2 Å². The minimum Gasteiger partial charge on any atom is -0.311 e. The van der Waals surface area contributed by atoms with Crippen molar-refractivity contribution in [2.24, 2.45) is 0 Å². The van der Waals surface area contributed by atoms with Crippen molar-refractivity contribution < 1.29 is 0 Å². The molecule has 1 N–H and O–H groups in total. The molecular formula is C17H26Cl2N2. The van der Waals surface area contributed by atoms with E-state index in [0.717, 1.165) is 41.7 Å². The van der Waals surface area contributed by atoms with Gasteiger partial charge in [0.15, 0.2) is 0 Å². The van der Waals surface area contributed by atoms with Gasteiger partial charge in [0.25, 0.3) is 0 Å². The van der Waals surface area contributed by atoms with Crippen molar-refractivity contribution in [1.82, 2.24) is 10.2 Å². The van der Waals surface area contributed by atoms with E-state index in [0.29, 0.717) is 6.04 Å². The summed E-state index contributed by atoms with van der Waals surface area (Å²) in [5.74, 6) is 0. The summed E-state index contributed by atoms with van der Waals surface area (Å²) in [6, 6.07) is 6.33.